The van der Waals surface area contributed by atoms with E-state index < -0.39 is 12.0 Å². The summed E-state index contributed by atoms with van der Waals surface area (Å²) >= 11 is 6.83. The Morgan fingerprint density at radius 3 is 2.70 bits per heavy atom. The van der Waals surface area contributed by atoms with Crippen LogP contribution in [0.1, 0.15) is 23.8 Å². The number of rotatable bonds is 5. The van der Waals surface area contributed by atoms with Gasteiger partial charge in [0.1, 0.15) is 5.75 Å². The van der Waals surface area contributed by atoms with Crippen molar-refractivity contribution in [3.63, 3.8) is 0 Å². The number of nitrogens with one attached hydrogen (secondary N) is 1. The Morgan fingerprint density at radius 2 is 2.03 bits per heavy atom. The van der Waals surface area contributed by atoms with E-state index in [1.807, 2.05) is 26.0 Å². The van der Waals surface area contributed by atoms with Gasteiger partial charge in [-0.05, 0) is 56.4 Å². The zero-order valence-corrected chi connectivity index (χ0v) is 17.7. The fourth-order valence-corrected chi connectivity index (χ4v) is 4.38. The minimum atomic E-state index is -2.86. The number of para-hydroxylation sites is 2. The number of ether oxygens (including phenoxy) is 1. The van der Waals surface area contributed by atoms with E-state index in [-0.39, 0.29) is 21.4 Å². The summed E-state index contributed by atoms with van der Waals surface area (Å²) in [4.78, 5) is 21.5. The maximum Gasteiger partial charge on any atom is 0.264 e. The van der Waals surface area contributed by atoms with E-state index in [4.69, 9.17) is 17.0 Å². The Balaban J connectivity index is 2.15. The molecule has 0 fully saturated rings. The minimum absolute atomic E-state index is 0.0480. The van der Waals surface area contributed by atoms with Crippen LogP contribution in [-0.2, 0) is 0 Å². The zero-order chi connectivity index (χ0) is 21.4. The van der Waals surface area contributed by atoms with Gasteiger partial charge in [0.2, 0.25) is 0 Å². The molecule has 1 N–H and O–H groups in total. The van der Waals surface area contributed by atoms with Crippen LogP contribution in [0.4, 0.5) is 8.78 Å². The molecule has 0 saturated carbocycles. The van der Waals surface area contributed by atoms with Crippen LogP contribution in [0.15, 0.2) is 47.3 Å². The molecule has 0 aliphatic heterocycles. The van der Waals surface area contributed by atoms with Gasteiger partial charge in [0.05, 0.1) is 28.3 Å². The Morgan fingerprint density at radius 1 is 1.27 bits per heavy atom. The van der Waals surface area contributed by atoms with E-state index in [9.17, 15) is 13.6 Å². The van der Waals surface area contributed by atoms with E-state index in [1.54, 1.807) is 24.3 Å². The van der Waals surface area contributed by atoms with Crippen LogP contribution in [-0.4, -0.2) is 21.1 Å². The van der Waals surface area contributed by atoms with Gasteiger partial charge in [0.25, 0.3) is 12.0 Å². The summed E-state index contributed by atoms with van der Waals surface area (Å²) < 4.78 is 35.2. The number of benzene rings is 1. The number of thiophene rings is 1. The number of aromatic amines is 1. The number of halogens is 2. The van der Waals surface area contributed by atoms with Crippen molar-refractivity contribution < 1.29 is 13.5 Å². The number of fused-ring (bicyclic) bond motifs is 1. The molecule has 0 aliphatic rings. The zero-order valence-electron chi connectivity index (χ0n) is 16.1. The molecule has 0 radical (unpaired) electrons. The topological polar surface area (TPSA) is 59.9 Å². The lowest BCUT2D eigenvalue weighted by Crippen LogP contribution is -2.17. The Hall–Kier alpha value is -2.91. The van der Waals surface area contributed by atoms with Gasteiger partial charge in [0.15, 0.2) is 10.4 Å². The van der Waals surface area contributed by atoms with Gasteiger partial charge >= 0.3 is 0 Å². The predicted molar refractivity (Wildman–Crippen MR) is 117 cm³/mol. The summed E-state index contributed by atoms with van der Waals surface area (Å²) in [7, 11) is 0. The Labute approximate surface area is 179 Å². The summed E-state index contributed by atoms with van der Waals surface area (Å²) in [6, 6.07) is 12.0. The second-order valence-corrected chi connectivity index (χ2v) is 8.18. The molecule has 0 unspecified atom stereocenters. The second kappa shape index (κ2) is 8.08. The van der Waals surface area contributed by atoms with Gasteiger partial charge in [-0.1, -0.05) is 12.1 Å². The van der Waals surface area contributed by atoms with Crippen LogP contribution in [0.5, 0.6) is 5.75 Å². The van der Waals surface area contributed by atoms with Crippen LogP contribution in [0.25, 0.3) is 27.3 Å². The molecule has 1 aromatic carbocycles. The molecule has 0 atom stereocenters. The smallest absolute Gasteiger partial charge is 0.264 e. The van der Waals surface area contributed by atoms with E-state index in [1.165, 1.54) is 22.0 Å². The minimum Gasteiger partial charge on any atom is -0.492 e. The quantitative estimate of drug-likeness (QED) is 0.394. The van der Waals surface area contributed by atoms with Gasteiger partial charge in [0, 0.05) is 10.4 Å². The summed E-state index contributed by atoms with van der Waals surface area (Å²) in [6.45, 7) is 4.17. The maximum absolute atomic E-state index is 14.0. The number of H-pyrrole nitrogens is 1. The van der Waals surface area contributed by atoms with Crippen LogP contribution < -0.4 is 10.3 Å². The lowest BCUT2D eigenvalue weighted by molar-refractivity contribution is 0.153. The van der Waals surface area contributed by atoms with E-state index in [0.717, 1.165) is 9.75 Å². The average molecular weight is 446 g/mol. The fraction of sp³-hybridized carbons (Fsp3) is 0.190. The van der Waals surface area contributed by atoms with Crippen molar-refractivity contribution in [2.75, 3.05) is 6.61 Å². The molecule has 3 aromatic heterocycles. The van der Waals surface area contributed by atoms with Crippen molar-refractivity contribution in [2.45, 2.75) is 20.3 Å². The fourth-order valence-electron chi connectivity index (χ4n) is 3.27. The summed E-state index contributed by atoms with van der Waals surface area (Å²) in [6.07, 6.45) is -2.86. The van der Waals surface area contributed by atoms with Crippen LogP contribution in [0, 0.1) is 11.7 Å². The standard InChI is InChI=1S/C21H17F2N3O2S2/c1-3-28-15-7-5-4-6-14(15)26-19-17(20(27)25-21(26)29)12(18(22)23)10-13(24-19)16-9-8-11(2)30-16/h4-10,18H,3H2,1-2H3,(H,25,27,29). The number of hydrogen-bond acceptors (Lipinski definition) is 5. The van der Waals surface area contributed by atoms with Gasteiger partial charge in [-0.2, -0.15) is 0 Å². The first-order chi connectivity index (χ1) is 14.4. The number of aromatic nitrogens is 3. The maximum atomic E-state index is 14.0. The molecule has 0 amide bonds. The lowest BCUT2D eigenvalue weighted by atomic mass is 10.1. The third-order valence-electron chi connectivity index (χ3n) is 4.53. The molecule has 0 saturated heterocycles. The first kappa shape index (κ1) is 20.4. The Bertz CT molecular complexity index is 1360. The summed E-state index contributed by atoms with van der Waals surface area (Å²) in [5.74, 6) is 0.502. The van der Waals surface area contributed by atoms with Gasteiger partial charge in [-0.25, -0.2) is 13.8 Å². The molecule has 0 spiro atoms. The average Bonchev–Trinajstić information content (AvgIpc) is 3.14. The largest absolute Gasteiger partial charge is 0.492 e. The molecule has 4 aromatic rings. The molecule has 0 aliphatic carbocycles. The van der Waals surface area contributed by atoms with Crippen LogP contribution in [0.3, 0.4) is 0 Å². The first-order valence-corrected chi connectivity index (χ1v) is 10.4. The highest BCUT2D eigenvalue weighted by Crippen LogP contribution is 2.34. The van der Waals surface area contributed by atoms with E-state index >= 15 is 0 Å². The molecule has 154 valence electrons. The number of nitrogens with zero attached hydrogens (tertiary/aromatic N) is 2. The Kier molecular flexibility index (Phi) is 5.48. The molecule has 30 heavy (non-hydrogen) atoms. The lowest BCUT2D eigenvalue weighted by Gasteiger charge is -2.16. The SMILES string of the molecule is CCOc1ccccc1-n1c(=S)[nH]c(=O)c2c(C(F)F)cc(-c3ccc(C)s3)nc21. The van der Waals surface area contributed by atoms with E-state index in [2.05, 4.69) is 9.97 Å². The summed E-state index contributed by atoms with van der Waals surface area (Å²) in [5.41, 5.74) is -0.150. The van der Waals surface area contributed by atoms with Crippen LogP contribution >= 0.6 is 23.6 Å². The van der Waals surface area contributed by atoms with Gasteiger partial charge in [-0.3, -0.25) is 14.3 Å². The van der Waals surface area contributed by atoms with Crippen molar-refractivity contribution >= 4 is 34.6 Å². The van der Waals surface area contributed by atoms with Gasteiger partial charge < -0.3 is 4.74 Å². The number of aryl methyl sites for hydroxylation is 1. The van der Waals surface area contributed by atoms with E-state index in [0.29, 0.717) is 23.7 Å². The highest BCUT2D eigenvalue weighted by Gasteiger charge is 2.22. The monoisotopic (exact) mass is 445 g/mol. The predicted octanol–water partition coefficient (Wildman–Crippen LogP) is 5.82. The third-order valence-corrected chi connectivity index (χ3v) is 5.84. The van der Waals surface area contributed by atoms with Crippen molar-refractivity contribution in [1.82, 2.24) is 14.5 Å². The normalized spacial score (nSPS) is 11.4. The van der Waals surface area contributed by atoms with Crippen molar-refractivity contribution in [3.8, 4) is 22.0 Å². The molecule has 0 bridgehead atoms. The van der Waals surface area contributed by atoms with Gasteiger partial charge in [-0.15, -0.1) is 11.3 Å². The number of pyridine rings is 1. The molecule has 4 rings (SSSR count). The third kappa shape index (κ3) is 3.54. The van der Waals surface area contributed by atoms with Crippen molar-refractivity contribution in [3.05, 3.63) is 68.0 Å². The molecular formula is C21H17F2N3O2S2. The molecular weight excluding hydrogens is 428 g/mol. The first-order valence-electron chi connectivity index (χ1n) is 9.17. The molecule has 5 nitrogen and oxygen atoms in total. The van der Waals surface area contributed by atoms with Crippen molar-refractivity contribution in [1.29, 1.82) is 0 Å². The highest BCUT2D eigenvalue weighted by molar-refractivity contribution is 7.71. The number of alkyl halides is 2. The molecule has 3 heterocycles. The van der Waals surface area contributed by atoms with Crippen molar-refractivity contribution in [2.24, 2.45) is 0 Å². The summed E-state index contributed by atoms with van der Waals surface area (Å²) in [5, 5.41) is -0.193. The number of hydrogen-bond donors (Lipinski definition) is 1. The van der Waals surface area contributed by atoms with Crippen LogP contribution in [0.2, 0.25) is 0 Å². The highest BCUT2D eigenvalue weighted by atomic mass is 32.1. The molecule has 9 heteroatoms. The second-order valence-electron chi connectivity index (χ2n) is 6.50.